The van der Waals surface area contributed by atoms with Gasteiger partial charge in [0.05, 0.1) is 0 Å². The predicted octanol–water partition coefficient (Wildman–Crippen LogP) is 1.71. The van der Waals surface area contributed by atoms with E-state index in [2.05, 4.69) is 0 Å². The minimum absolute atomic E-state index is 0.101. The van der Waals surface area contributed by atoms with Crippen LogP contribution in [0.25, 0.3) is 0 Å². The van der Waals surface area contributed by atoms with Gasteiger partial charge in [-0.3, -0.25) is 13.9 Å². The average molecular weight is 306 g/mol. The molecule has 0 atom stereocenters. The van der Waals surface area contributed by atoms with Crippen molar-refractivity contribution in [2.75, 3.05) is 0 Å². The van der Waals surface area contributed by atoms with E-state index in [1.807, 2.05) is 0 Å². The van der Waals surface area contributed by atoms with Gasteiger partial charge in [0, 0.05) is 19.1 Å². The van der Waals surface area contributed by atoms with Gasteiger partial charge in [-0.15, -0.1) is 0 Å². The number of nitriles is 1. The van der Waals surface area contributed by atoms with E-state index in [1.54, 1.807) is 31.2 Å². The second-order valence-electron chi connectivity index (χ2n) is 4.51. The third-order valence-electron chi connectivity index (χ3n) is 3.08. The number of aryl methyl sites for hydroxylation is 1. The molecule has 0 aliphatic carbocycles. The Labute approximate surface area is 125 Å². The van der Waals surface area contributed by atoms with Gasteiger partial charge in [-0.2, -0.15) is 5.26 Å². The topological polar surface area (TPSA) is 77.0 Å². The fourth-order valence-electron chi connectivity index (χ4n) is 1.83. The SMILES string of the molecule is Cc1ccc(Cl)cc1Oc1c(C#N)c(=O)n(C)c(=O)n1C. The van der Waals surface area contributed by atoms with Gasteiger partial charge in [0.1, 0.15) is 11.8 Å². The third-order valence-corrected chi connectivity index (χ3v) is 3.31. The Bertz CT molecular complexity index is 875. The van der Waals surface area contributed by atoms with Crippen LogP contribution in [0.15, 0.2) is 27.8 Å². The first-order valence-corrected chi connectivity index (χ1v) is 6.38. The molecule has 7 heteroatoms. The third kappa shape index (κ3) is 2.56. The molecule has 0 aliphatic rings. The summed E-state index contributed by atoms with van der Waals surface area (Å²) in [4.78, 5) is 23.9. The Kier molecular flexibility index (Phi) is 3.87. The van der Waals surface area contributed by atoms with Crippen LogP contribution in [-0.4, -0.2) is 9.13 Å². The van der Waals surface area contributed by atoms with Gasteiger partial charge in [0.25, 0.3) is 5.56 Å². The summed E-state index contributed by atoms with van der Waals surface area (Å²) in [5.74, 6) is 0.276. The lowest BCUT2D eigenvalue weighted by atomic mass is 10.2. The van der Waals surface area contributed by atoms with Crippen LogP contribution in [0.1, 0.15) is 11.1 Å². The minimum atomic E-state index is -0.699. The average Bonchev–Trinajstić information content (AvgIpc) is 2.46. The van der Waals surface area contributed by atoms with Crippen molar-refractivity contribution in [2.45, 2.75) is 6.92 Å². The molecule has 0 saturated heterocycles. The highest BCUT2D eigenvalue weighted by molar-refractivity contribution is 6.30. The highest BCUT2D eigenvalue weighted by Crippen LogP contribution is 2.28. The summed E-state index contributed by atoms with van der Waals surface area (Å²) in [5, 5.41) is 9.60. The van der Waals surface area contributed by atoms with Crippen molar-refractivity contribution < 1.29 is 4.74 Å². The first-order valence-electron chi connectivity index (χ1n) is 6.01. The number of nitrogens with zero attached hydrogens (tertiary/aromatic N) is 3. The van der Waals surface area contributed by atoms with Crippen molar-refractivity contribution in [1.29, 1.82) is 5.26 Å². The van der Waals surface area contributed by atoms with Gasteiger partial charge >= 0.3 is 5.69 Å². The Balaban J connectivity index is 2.71. The van der Waals surface area contributed by atoms with E-state index >= 15 is 0 Å². The second-order valence-corrected chi connectivity index (χ2v) is 4.95. The van der Waals surface area contributed by atoms with E-state index < -0.39 is 11.2 Å². The van der Waals surface area contributed by atoms with Crippen LogP contribution in [0.3, 0.4) is 0 Å². The molecular weight excluding hydrogens is 294 g/mol. The van der Waals surface area contributed by atoms with Crippen LogP contribution in [0.4, 0.5) is 0 Å². The molecule has 21 heavy (non-hydrogen) atoms. The molecule has 108 valence electrons. The van der Waals surface area contributed by atoms with Gasteiger partial charge in [-0.05, 0) is 24.6 Å². The second kappa shape index (κ2) is 5.46. The highest BCUT2D eigenvalue weighted by Gasteiger charge is 2.18. The van der Waals surface area contributed by atoms with E-state index in [4.69, 9.17) is 21.6 Å². The van der Waals surface area contributed by atoms with Crippen LogP contribution in [0.2, 0.25) is 5.02 Å². The molecule has 1 aromatic heterocycles. The van der Waals surface area contributed by atoms with Gasteiger partial charge < -0.3 is 4.74 Å². The maximum atomic E-state index is 12.0. The van der Waals surface area contributed by atoms with Crippen molar-refractivity contribution in [1.82, 2.24) is 9.13 Å². The molecule has 0 saturated carbocycles. The predicted molar refractivity (Wildman–Crippen MR) is 77.9 cm³/mol. The number of rotatable bonds is 2. The molecule has 0 N–H and O–H groups in total. The van der Waals surface area contributed by atoms with Crippen molar-refractivity contribution in [3.63, 3.8) is 0 Å². The van der Waals surface area contributed by atoms with E-state index in [9.17, 15) is 9.59 Å². The van der Waals surface area contributed by atoms with Crippen LogP contribution in [-0.2, 0) is 14.1 Å². The first-order chi connectivity index (χ1) is 9.86. The number of aromatic nitrogens is 2. The maximum Gasteiger partial charge on any atom is 0.333 e. The number of benzene rings is 1. The molecule has 0 unspecified atom stereocenters. The Morgan fingerprint density at radius 1 is 1.24 bits per heavy atom. The van der Waals surface area contributed by atoms with Gasteiger partial charge in [-0.25, -0.2) is 4.79 Å². The lowest BCUT2D eigenvalue weighted by Gasteiger charge is -2.14. The molecule has 0 spiro atoms. The van der Waals surface area contributed by atoms with E-state index in [0.29, 0.717) is 10.8 Å². The molecule has 6 nitrogen and oxygen atoms in total. The number of halogens is 1. The highest BCUT2D eigenvalue weighted by atomic mass is 35.5. The minimum Gasteiger partial charge on any atom is -0.439 e. The van der Waals surface area contributed by atoms with Gasteiger partial charge in [0.2, 0.25) is 5.88 Å². The standard InChI is InChI=1S/C14H12ClN3O3/c1-8-4-5-9(15)6-11(8)21-13-10(7-16)12(19)17(2)14(20)18(13)3/h4-6H,1-3H3. The summed E-state index contributed by atoms with van der Waals surface area (Å²) in [6.07, 6.45) is 0. The van der Waals surface area contributed by atoms with Crippen LogP contribution < -0.4 is 16.0 Å². The summed E-state index contributed by atoms with van der Waals surface area (Å²) in [5.41, 5.74) is -0.751. The smallest absolute Gasteiger partial charge is 0.333 e. The molecule has 2 rings (SSSR count). The number of hydrogen-bond acceptors (Lipinski definition) is 4. The van der Waals surface area contributed by atoms with Crippen molar-refractivity contribution >= 4 is 11.6 Å². The molecule has 0 fully saturated rings. The zero-order valence-electron chi connectivity index (χ0n) is 11.7. The van der Waals surface area contributed by atoms with E-state index in [0.717, 1.165) is 14.7 Å². The normalized spacial score (nSPS) is 10.2. The molecule has 0 aliphatic heterocycles. The molecule has 0 bridgehead atoms. The van der Waals surface area contributed by atoms with Crippen LogP contribution >= 0.6 is 11.6 Å². The first kappa shape index (κ1) is 14.9. The number of hydrogen-bond donors (Lipinski definition) is 0. The zero-order chi connectivity index (χ0) is 15.7. The Hall–Kier alpha value is -2.52. The fourth-order valence-corrected chi connectivity index (χ4v) is 1.99. The number of ether oxygens (including phenoxy) is 1. The van der Waals surface area contributed by atoms with Crippen molar-refractivity contribution in [2.24, 2.45) is 14.1 Å². The lowest BCUT2D eigenvalue weighted by Crippen LogP contribution is -2.38. The largest absolute Gasteiger partial charge is 0.439 e. The summed E-state index contributed by atoms with van der Waals surface area (Å²) in [7, 11) is 2.73. The molecule has 2 aromatic rings. The van der Waals surface area contributed by atoms with Gasteiger partial charge in [-0.1, -0.05) is 17.7 Å². The van der Waals surface area contributed by atoms with Gasteiger partial charge in [0.15, 0.2) is 5.56 Å². The van der Waals surface area contributed by atoms with Crippen molar-refractivity contribution in [3.8, 4) is 17.7 Å². The quantitative estimate of drug-likeness (QED) is 0.846. The zero-order valence-corrected chi connectivity index (χ0v) is 12.4. The molecule has 0 amide bonds. The van der Waals surface area contributed by atoms with E-state index in [-0.39, 0.29) is 11.4 Å². The fraction of sp³-hybridized carbons (Fsp3) is 0.214. The van der Waals surface area contributed by atoms with Crippen LogP contribution in [0.5, 0.6) is 11.6 Å². The summed E-state index contributed by atoms with van der Waals surface area (Å²) >= 11 is 5.90. The summed E-state index contributed by atoms with van der Waals surface area (Å²) in [6, 6.07) is 6.76. The molecule has 1 heterocycles. The molecule has 1 aromatic carbocycles. The molecule has 0 radical (unpaired) electrons. The maximum absolute atomic E-state index is 12.0. The Morgan fingerprint density at radius 2 is 1.90 bits per heavy atom. The van der Waals surface area contributed by atoms with Crippen molar-refractivity contribution in [3.05, 3.63) is 55.2 Å². The lowest BCUT2D eigenvalue weighted by molar-refractivity contribution is 0.419. The monoisotopic (exact) mass is 305 g/mol. The molecular formula is C14H12ClN3O3. The van der Waals surface area contributed by atoms with Crippen LogP contribution in [0, 0.1) is 18.3 Å². The van der Waals surface area contributed by atoms with E-state index in [1.165, 1.54) is 14.1 Å². The Morgan fingerprint density at radius 3 is 2.52 bits per heavy atom. The summed E-state index contributed by atoms with van der Waals surface area (Å²) < 4.78 is 7.57. The summed E-state index contributed by atoms with van der Waals surface area (Å²) in [6.45, 7) is 1.79.